The van der Waals surface area contributed by atoms with E-state index >= 15 is 0 Å². The largest absolute Gasteiger partial charge is 0.391 e. The van der Waals surface area contributed by atoms with Crippen LogP contribution < -0.4 is 5.32 Å². The Kier molecular flexibility index (Phi) is 5.99. The van der Waals surface area contributed by atoms with Gasteiger partial charge in [0.15, 0.2) is 0 Å². The Labute approximate surface area is 156 Å². The maximum Gasteiger partial charge on any atom is 0.224 e. The lowest BCUT2D eigenvalue weighted by atomic mass is 10.00. The second-order valence-electron chi connectivity index (χ2n) is 6.95. The summed E-state index contributed by atoms with van der Waals surface area (Å²) < 4.78 is 0. The second-order valence-corrected chi connectivity index (χ2v) is 7.73. The highest BCUT2D eigenvalue weighted by molar-refractivity contribution is 6.45. The van der Waals surface area contributed by atoms with E-state index in [1.807, 2.05) is 0 Å². The number of nitrogens with one attached hydrogen (secondary N) is 2. The minimum Gasteiger partial charge on any atom is -0.391 e. The number of aromatic amines is 1. The number of aromatic nitrogens is 1. The molecule has 0 radical (unpaired) electrons. The minimum absolute atomic E-state index is 0.0152. The first-order valence-electron chi connectivity index (χ1n) is 7.98. The van der Waals surface area contributed by atoms with Gasteiger partial charge in [-0.3, -0.25) is 4.79 Å². The number of nitrogens with zero attached hydrogens (tertiary/aromatic N) is 1. The molecule has 0 aliphatic carbocycles. The third kappa shape index (κ3) is 4.88. The standard InChI is InChI=1S/C14H11Cl2N3O.C4H10O/c15-9-5-7(1-3-17)12-8-6-11(20)18-4-2-10(8)19-14(12)13(9)16;1-4(2,3)5/h5,19H,1-2,4,6H2,(H,18,20);5H,1-3H3. The summed E-state index contributed by atoms with van der Waals surface area (Å²) in [6.45, 7) is 5.82. The first-order chi connectivity index (χ1) is 11.6. The molecule has 7 heteroatoms. The van der Waals surface area contributed by atoms with Crippen molar-refractivity contribution >= 4 is 40.0 Å². The molecule has 1 aliphatic heterocycles. The first-order valence-corrected chi connectivity index (χ1v) is 8.73. The topological polar surface area (TPSA) is 88.9 Å². The normalized spacial score (nSPS) is 14.0. The average molecular weight is 382 g/mol. The minimum atomic E-state index is -0.500. The van der Waals surface area contributed by atoms with Crippen LogP contribution in [0, 0.1) is 11.3 Å². The van der Waals surface area contributed by atoms with Gasteiger partial charge in [0, 0.05) is 24.0 Å². The van der Waals surface area contributed by atoms with Crippen LogP contribution in [-0.2, 0) is 24.1 Å². The van der Waals surface area contributed by atoms with Gasteiger partial charge in [0.05, 0.1) is 40.1 Å². The lowest BCUT2D eigenvalue weighted by molar-refractivity contribution is -0.120. The summed E-state index contributed by atoms with van der Waals surface area (Å²) in [4.78, 5) is 15.0. The number of H-pyrrole nitrogens is 1. The Morgan fingerprint density at radius 3 is 2.60 bits per heavy atom. The number of halogens is 2. The Bertz CT molecular complexity index is 839. The monoisotopic (exact) mass is 381 g/mol. The molecule has 1 aromatic heterocycles. The summed E-state index contributed by atoms with van der Waals surface area (Å²) in [6.07, 6.45) is 1.25. The lowest BCUT2D eigenvalue weighted by Crippen LogP contribution is -2.24. The predicted molar refractivity (Wildman–Crippen MR) is 100 cm³/mol. The van der Waals surface area contributed by atoms with Crippen LogP contribution in [0.4, 0.5) is 0 Å². The molecule has 0 fully saturated rings. The van der Waals surface area contributed by atoms with Crippen molar-refractivity contribution in [2.75, 3.05) is 6.54 Å². The Morgan fingerprint density at radius 2 is 2.00 bits per heavy atom. The SMILES string of the molecule is CC(C)(C)O.N#CCc1cc(Cl)c(Cl)c2[nH]c3c(c12)CC(=O)NCC3. The van der Waals surface area contributed by atoms with E-state index in [0.717, 1.165) is 34.1 Å². The van der Waals surface area contributed by atoms with Crippen molar-refractivity contribution in [2.45, 2.75) is 45.6 Å². The van der Waals surface area contributed by atoms with Crippen LogP contribution >= 0.6 is 23.2 Å². The van der Waals surface area contributed by atoms with E-state index in [0.29, 0.717) is 23.0 Å². The number of hydrogen-bond acceptors (Lipinski definition) is 3. The van der Waals surface area contributed by atoms with Crippen molar-refractivity contribution in [3.63, 3.8) is 0 Å². The van der Waals surface area contributed by atoms with Gasteiger partial charge in [0.2, 0.25) is 5.91 Å². The number of fused-ring (bicyclic) bond motifs is 3. The van der Waals surface area contributed by atoms with Crippen molar-refractivity contribution < 1.29 is 9.90 Å². The van der Waals surface area contributed by atoms with Crippen LogP contribution in [0.1, 0.15) is 37.6 Å². The number of amides is 1. The number of carbonyl (C=O) groups excluding carboxylic acids is 1. The van der Waals surface area contributed by atoms with Crippen LogP contribution in [0.25, 0.3) is 10.9 Å². The molecule has 5 nitrogen and oxygen atoms in total. The molecule has 134 valence electrons. The van der Waals surface area contributed by atoms with Crippen molar-refractivity contribution in [2.24, 2.45) is 0 Å². The Morgan fingerprint density at radius 1 is 1.36 bits per heavy atom. The van der Waals surface area contributed by atoms with Gasteiger partial charge in [-0.1, -0.05) is 23.2 Å². The maximum atomic E-state index is 11.8. The molecule has 3 rings (SSSR count). The third-order valence-electron chi connectivity index (χ3n) is 3.55. The maximum absolute atomic E-state index is 11.8. The fourth-order valence-corrected chi connectivity index (χ4v) is 3.12. The van der Waals surface area contributed by atoms with Crippen LogP contribution in [0.5, 0.6) is 0 Å². The van der Waals surface area contributed by atoms with E-state index in [1.165, 1.54) is 0 Å². The highest BCUT2D eigenvalue weighted by Crippen LogP contribution is 2.37. The fraction of sp³-hybridized carbons (Fsp3) is 0.444. The summed E-state index contributed by atoms with van der Waals surface area (Å²) in [5.41, 5.74) is 2.95. The molecule has 1 aliphatic rings. The number of aliphatic hydroxyl groups is 1. The molecule has 2 heterocycles. The van der Waals surface area contributed by atoms with Gasteiger partial charge in [0.25, 0.3) is 0 Å². The molecule has 2 aromatic rings. The summed E-state index contributed by atoms with van der Waals surface area (Å²) in [5, 5.41) is 22.1. The van der Waals surface area contributed by atoms with Gasteiger partial charge in [-0.25, -0.2) is 0 Å². The Balaban J connectivity index is 0.000000399. The zero-order valence-corrected chi connectivity index (χ0v) is 16.0. The second kappa shape index (κ2) is 7.65. The lowest BCUT2D eigenvalue weighted by Gasteiger charge is -2.06. The van der Waals surface area contributed by atoms with E-state index in [-0.39, 0.29) is 12.3 Å². The average Bonchev–Trinajstić information content (AvgIpc) is 2.72. The highest BCUT2D eigenvalue weighted by Gasteiger charge is 2.22. The first kappa shape index (κ1) is 19.6. The quantitative estimate of drug-likeness (QED) is 0.705. The van der Waals surface area contributed by atoms with Crippen molar-refractivity contribution in [3.05, 3.63) is 32.9 Å². The molecular formula is C18H21Cl2N3O2. The van der Waals surface area contributed by atoms with Gasteiger partial charge in [-0.05, 0) is 38.0 Å². The molecule has 1 aromatic carbocycles. The van der Waals surface area contributed by atoms with Gasteiger partial charge in [-0.15, -0.1) is 0 Å². The van der Waals surface area contributed by atoms with Gasteiger partial charge >= 0.3 is 0 Å². The molecule has 0 saturated heterocycles. The van der Waals surface area contributed by atoms with Crippen LogP contribution in [0.15, 0.2) is 6.07 Å². The molecule has 0 spiro atoms. The molecule has 3 N–H and O–H groups in total. The molecule has 0 unspecified atom stereocenters. The van der Waals surface area contributed by atoms with E-state index < -0.39 is 5.60 Å². The van der Waals surface area contributed by atoms with Gasteiger partial charge < -0.3 is 15.4 Å². The van der Waals surface area contributed by atoms with Gasteiger partial charge in [-0.2, -0.15) is 5.26 Å². The fourth-order valence-electron chi connectivity index (χ4n) is 2.70. The molecule has 0 atom stereocenters. The number of rotatable bonds is 1. The molecular weight excluding hydrogens is 361 g/mol. The number of carbonyl (C=O) groups is 1. The summed E-state index contributed by atoms with van der Waals surface area (Å²) in [7, 11) is 0. The summed E-state index contributed by atoms with van der Waals surface area (Å²) in [6, 6.07) is 3.84. The highest BCUT2D eigenvalue weighted by atomic mass is 35.5. The van der Waals surface area contributed by atoms with E-state index in [4.69, 9.17) is 33.6 Å². The zero-order chi connectivity index (χ0) is 18.8. The van der Waals surface area contributed by atoms with Crippen LogP contribution in [-0.4, -0.2) is 28.1 Å². The zero-order valence-electron chi connectivity index (χ0n) is 14.5. The van der Waals surface area contributed by atoms with E-state index in [2.05, 4.69) is 16.4 Å². The van der Waals surface area contributed by atoms with Crippen LogP contribution in [0.3, 0.4) is 0 Å². The number of hydrogen-bond donors (Lipinski definition) is 3. The molecule has 0 bridgehead atoms. The van der Waals surface area contributed by atoms with Crippen molar-refractivity contribution in [3.8, 4) is 6.07 Å². The molecule has 1 amide bonds. The number of nitriles is 1. The van der Waals surface area contributed by atoms with Crippen molar-refractivity contribution in [1.29, 1.82) is 5.26 Å². The van der Waals surface area contributed by atoms with E-state index in [9.17, 15) is 4.79 Å². The van der Waals surface area contributed by atoms with E-state index in [1.54, 1.807) is 26.8 Å². The molecule has 0 saturated carbocycles. The summed E-state index contributed by atoms with van der Waals surface area (Å²) in [5.74, 6) is -0.0152. The van der Waals surface area contributed by atoms with Crippen LogP contribution in [0.2, 0.25) is 10.0 Å². The predicted octanol–water partition coefficient (Wildman–Crippen LogP) is 3.53. The smallest absolute Gasteiger partial charge is 0.224 e. The van der Waals surface area contributed by atoms with Crippen molar-refractivity contribution in [1.82, 2.24) is 10.3 Å². The summed E-state index contributed by atoms with van der Waals surface area (Å²) >= 11 is 12.4. The Hall–Kier alpha value is -1.74. The number of benzene rings is 1. The van der Waals surface area contributed by atoms with Gasteiger partial charge in [0.1, 0.15) is 0 Å². The third-order valence-corrected chi connectivity index (χ3v) is 4.33. The molecule has 25 heavy (non-hydrogen) atoms.